The Balaban J connectivity index is 1.87. The van der Waals surface area contributed by atoms with E-state index in [1.54, 1.807) is 38.4 Å². The third kappa shape index (κ3) is 3.80. The Morgan fingerprint density at radius 1 is 1.00 bits per heavy atom. The molecule has 7 nitrogen and oxygen atoms in total. The Morgan fingerprint density at radius 2 is 1.65 bits per heavy atom. The van der Waals surface area contributed by atoms with Crippen molar-refractivity contribution in [3.63, 3.8) is 0 Å². The van der Waals surface area contributed by atoms with E-state index < -0.39 is 15.1 Å². The summed E-state index contributed by atoms with van der Waals surface area (Å²) in [5.74, 6) is -0.385. The number of benzene rings is 2. The maximum atomic E-state index is 13.6. The molecule has 1 heterocycles. The lowest BCUT2D eigenvalue weighted by atomic mass is 10.0. The highest BCUT2D eigenvalue weighted by Crippen LogP contribution is 2.35. The second-order valence-corrected chi connectivity index (χ2v) is 10.6. The van der Waals surface area contributed by atoms with Gasteiger partial charge in [-0.05, 0) is 44.0 Å². The minimum Gasteiger partial charge on any atom is -0.321 e. The Labute approximate surface area is 181 Å². The quantitative estimate of drug-likeness (QED) is 0.670. The van der Waals surface area contributed by atoms with Crippen molar-refractivity contribution < 1.29 is 13.2 Å². The molecule has 3 aromatic rings. The van der Waals surface area contributed by atoms with E-state index >= 15 is 0 Å². The summed E-state index contributed by atoms with van der Waals surface area (Å²) in [7, 11) is -0.431. The van der Waals surface area contributed by atoms with Crippen LogP contribution in [0.25, 0.3) is 11.0 Å². The number of aryl methyl sites for hydroxylation is 3. The first-order valence-corrected chi connectivity index (χ1v) is 12.1. The molecule has 164 valence electrons. The number of hydrogen-bond acceptors (Lipinski definition) is 4. The van der Waals surface area contributed by atoms with Crippen LogP contribution in [0, 0.1) is 6.92 Å². The fourth-order valence-corrected chi connectivity index (χ4v) is 6.40. The molecular weight excluding hydrogens is 414 g/mol. The Kier molecular flexibility index (Phi) is 5.51. The number of imidazole rings is 1. The second kappa shape index (κ2) is 8.00. The number of nitrogens with zero attached hydrogens (tertiary/aromatic N) is 2. The summed E-state index contributed by atoms with van der Waals surface area (Å²) >= 11 is 0. The molecular formula is C23H27N3O4S. The molecule has 1 aliphatic carbocycles. The highest BCUT2D eigenvalue weighted by atomic mass is 32.2. The summed E-state index contributed by atoms with van der Waals surface area (Å²) in [6.07, 6.45) is 4.01. The number of anilines is 1. The minimum absolute atomic E-state index is 0.0779. The van der Waals surface area contributed by atoms with Crippen molar-refractivity contribution in [2.45, 2.75) is 49.2 Å². The highest BCUT2D eigenvalue weighted by Gasteiger charge is 2.32. The molecule has 0 spiro atoms. The molecule has 0 atom stereocenters. The maximum Gasteiger partial charge on any atom is 0.328 e. The van der Waals surface area contributed by atoms with Crippen LogP contribution >= 0.6 is 0 Å². The lowest BCUT2D eigenvalue weighted by Gasteiger charge is -2.23. The van der Waals surface area contributed by atoms with Crippen molar-refractivity contribution >= 4 is 32.5 Å². The first-order valence-electron chi connectivity index (χ1n) is 10.5. The van der Waals surface area contributed by atoms with Gasteiger partial charge in [0.05, 0.1) is 26.9 Å². The zero-order valence-corrected chi connectivity index (χ0v) is 18.8. The molecule has 31 heavy (non-hydrogen) atoms. The van der Waals surface area contributed by atoms with Crippen LogP contribution in [0.1, 0.15) is 48.0 Å². The van der Waals surface area contributed by atoms with Gasteiger partial charge in [0.15, 0.2) is 9.84 Å². The van der Waals surface area contributed by atoms with Crippen molar-refractivity contribution in [3.05, 3.63) is 58.0 Å². The Hall–Kier alpha value is -2.87. The van der Waals surface area contributed by atoms with Crippen LogP contribution in [0.2, 0.25) is 0 Å². The van der Waals surface area contributed by atoms with E-state index in [1.165, 1.54) is 15.2 Å². The van der Waals surface area contributed by atoms with E-state index in [4.69, 9.17) is 0 Å². The summed E-state index contributed by atoms with van der Waals surface area (Å²) < 4.78 is 30.0. The lowest BCUT2D eigenvalue weighted by molar-refractivity contribution is 0.102. The van der Waals surface area contributed by atoms with Gasteiger partial charge >= 0.3 is 5.69 Å². The molecule has 0 radical (unpaired) electrons. The van der Waals surface area contributed by atoms with Gasteiger partial charge in [-0.25, -0.2) is 13.2 Å². The van der Waals surface area contributed by atoms with Crippen molar-refractivity contribution in [1.82, 2.24) is 9.13 Å². The zero-order valence-electron chi connectivity index (χ0n) is 18.0. The van der Waals surface area contributed by atoms with Crippen LogP contribution in [-0.4, -0.2) is 28.7 Å². The van der Waals surface area contributed by atoms with E-state index in [-0.39, 0.29) is 22.2 Å². The average molecular weight is 442 g/mol. The van der Waals surface area contributed by atoms with Gasteiger partial charge in [0, 0.05) is 19.7 Å². The summed E-state index contributed by atoms with van der Waals surface area (Å²) in [4.78, 5) is 25.4. The Morgan fingerprint density at radius 3 is 2.29 bits per heavy atom. The molecule has 1 N–H and O–H groups in total. The fourth-order valence-electron chi connectivity index (χ4n) is 4.39. The van der Waals surface area contributed by atoms with Crippen LogP contribution in [0.3, 0.4) is 0 Å². The number of sulfone groups is 1. The van der Waals surface area contributed by atoms with E-state index in [9.17, 15) is 18.0 Å². The van der Waals surface area contributed by atoms with Crippen LogP contribution in [0.5, 0.6) is 0 Å². The first kappa shape index (κ1) is 21.4. The average Bonchev–Trinajstić information content (AvgIpc) is 2.97. The van der Waals surface area contributed by atoms with Crippen LogP contribution in [-0.2, 0) is 23.9 Å². The second-order valence-electron chi connectivity index (χ2n) is 8.37. The molecule has 0 aliphatic heterocycles. The zero-order chi connectivity index (χ0) is 22.3. The van der Waals surface area contributed by atoms with Gasteiger partial charge in [0.25, 0.3) is 5.91 Å². The molecule has 8 heteroatoms. The first-order chi connectivity index (χ1) is 14.7. The third-order valence-electron chi connectivity index (χ3n) is 6.20. The molecule has 0 unspecified atom stereocenters. The van der Waals surface area contributed by atoms with Crippen LogP contribution in [0.4, 0.5) is 5.69 Å². The number of carbonyl (C=O) groups excluding carboxylic acids is 1. The standard InChI is InChI=1S/C23H27N3O4S/c1-15-8-7-9-16(12-15)22(27)24-18-13-19-20(26(3)23(28)25(19)2)14-21(18)31(29,30)17-10-5-4-6-11-17/h7-9,12-14,17H,4-6,10-11H2,1-3H3,(H,24,27). The largest absolute Gasteiger partial charge is 0.328 e. The molecule has 0 bridgehead atoms. The van der Waals surface area contributed by atoms with Gasteiger partial charge in [0.2, 0.25) is 0 Å². The minimum atomic E-state index is -3.68. The predicted octanol–water partition coefficient (Wildman–Crippen LogP) is 3.54. The molecule has 2 aromatic carbocycles. The van der Waals surface area contributed by atoms with E-state index in [2.05, 4.69) is 5.32 Å². The number of fused-ring (bicyclic) bond motifs is 1. The third-order valence-corrected chi connectivity index (χ3v) is 8.50. The smallest absolute Gasteiger partial charge is 0.321 e. The van der Waals surface area contributed by atoms with Crippen molar-refractivity contribution in [2.24, 2.45) is 14.1 Å². The van der Waals surface area contributed by atoms with Gasteiger partial charge in [0.1, 0.15) is 0 Å². The van der Waals surface area contributed by atoms with Crippen molar-refractivity contribution in [2.75, 3.05) is 5.32 Å². The number of carbonyl (C=O) groups is 1. The molecule has 1 aliphatic rings. The molecule has 0 saturated heterocycles. The summed E-state index contributed by atoms with van der Waals surface area (Å²) in [5, 5.41) is 2.33. The molecule has 4 rings (SSSR count). The van der Waals surface area contributed by atoms with Crippen molar-refractivity contribution in [3.8, 4) is 0 Å². The molecule has 1 fully saturated rings. The highest BCUT2D eigenvalue weighted by molar-refractivity contribution is 7.92. The molecule has 1 aromatic heterocycles. The van der Waals surface area contributed by atoms with Crippen LogP contribution in [0.15, 0.2) is 46.1 Å². The van der Waals surface area contributed by atoms with Gasteiger partial charge in [-0.15, -0.1) is 0 Å². The molecule has 1 amide bonds. The summed E-state index contributed by atoms with van der Waals surface area (Å²) in [6, 6.07) is 10.2. The normalized spacial score (nSPS) is 15.3. The van der Waals surface area contributed by atoms with E-state index in [0.29, 0.717) is 29.4 Å². The topological polar surface area (TPSA) is 90.2 Å². The van der Waals surface area contributed by atoms with Crippen molar-refractivity contribution in [1.29, 1.82) is 0 Å². The fraction of sp³-hybridized carbons (Fsp3) is 0.391. The van der Waals surface area contributed by atoms with Gasteiger partial charge in [-0.2, -0.15) is 0 Å². The van der Waals surface area contributed by atoms with Gasteiger partial charge in [-0.3, -0.25) is 13.9 Å². The Bertz CT molecular complexity index is 1330. The number of rotatable bonds is 4. The van der Waals surface area contributed by atoms with Gasteiger partial charge in [-0.1, -0.05) is 37.0 Å². The predicted molar refractivity (Wildman–Crippen MR) is 121 cm³/mol. The lowest BCUT2D eigenvalue weighted by Crippen LogP contribution is -2.25. The monoisotopic (exact) mass is 441 g/mol. The van der Waals surface area contributed by atoms with Crippen LogP contribution < -0.4 is 11.0 Å². The van der Waals surface area contributed by atoms with E-state index in [0.717, 1.165) is 24.8 Å². The number of amides is 1. The van der Waals surface area contributed by atoms with Gasteiger partial charge < -0.3 is 5.32 Å². The summed E-state index contributed by atoms with van der Waals surface area (Å²) in [6.45, 7) is 1.89. The van der Waals surface area contributed by atoms with E-state index in [1.807, 2.05) is 13.0 Å². The molecule has 1 saturated carbocycles. The number of nitrogens with one attached hydrogen (secondary N) is 1. The SMILES string of the molecule is Cc1cccc(C(=O)Nc2cc3c(cc2S(=O)(=O)C2CCCCC2)n(C)c(=O)n3C)c1. The number of aromatic nitrogens is 2. The maximum absolute atomic E-state index is 13.6. The number of hydrogen-bond donors (Lipinski definition) is 1. The summed E-state index contributed by atoms with van der Waals surface area (Å²) in [5.41, 5.74) is 2.43.